The number of rotatable bonds is 5. The van der Waals surface area contributed by atoms with Crippen molar-refractivity contribution in [3.8, 4) is 0 Å². The van der Waals surface area contributed by atoms with Gasteiger partial charge in [0.05, 0.1) is 24.1 Å². The first-order valence-corrected chi connectivity index (χ1v) is 10.5. The Hall–Kier alpha value is -2.42. The molecule has 0 radical (unpaired) electrons. The van der Waals surface area contributed by atoms with Gasteiger partial charge in [0.2, 0.25) is 0 Å². The molecule has 1 aromatic carbocycles. The summed E-state index contributed by atoms with van der Waals surface area (Å²) in [7, 11) is 0. The van der Waals surface area contributed by atoms with Gasteiger partial charge in [0.1, 0.15) is 12.2 Å². The molecule has 29 heavy (non-hydrogen) atoms. The van der Waals surface area contributed by atoms with Gasteiger partial charge in [-0.25, -0.2) is 4.79 Å². The Balaban J connectivity index is 1.30. The maximum Gasteiger partial charge on any atom is 0.412 e. The predicted octanol–water partition coefficient (Wildman–Crippen LogP) is 3.38. The summed E-state index contributed by atoms with van der Waals surface area (Å²) in [6, 6.07) is 11.0. The molecular formula is C21H24N2O5S. The van der Waals surface area contributed by atoms with Gasteiger partial charge in [-0.15, -0.1) is 11.3 Å². The molecule has 8 heteroatoms. The summed E-state index contributed by atoms with van der Waals surface area (Å²) >= 11 is 1.38. The molecule has 2 aliphatic heterocycles. The molecule has 2 fully saturated rings. The van der Waals surface area contributed by atoms with Crippen LogP contribution in [0.1, 0.15) is 35.0 Å². The van der Waals surface area contributed by atoms with Gasteiger partial charge in [0.25, 0.3) is 5.91 Å². The van der Waals surface area contributed by atoms with E-state index in [4.69, 9.17) is 14.2 Å². The quantitative estimate of drug-likeness (QED) is 0.780. The predicted molar refractivity (Wildman–Crippen MR) is 109 cm³/mol. The first kappa shape index (κ1) is 19.9. The van der Waals surface area contributed by atoms with Crippen LogP contribution in [0.5, 0.6) is 0 Å². The number of anilines is 1. The second kappa shape index (κ2) is 8.52. The van der Waals surface area contributed by atoms with Crippen LogP contribution in [0, 0.1) is 0 Å². The van der Waals surface area contributed by atoms with E-state index in [9.17, 15) is 9.59 Å². The molecule has 7 nitrogen and oxygen atoms in total. The summed E-state index contributed by atoms with van der Waals surface area (Å²) in [4.78, 5) is 25.2. The van der Waals surface area contributed by atoms with Crippen LogP contribution >= 0.6 is 11.3 Å². The van der Waals surface area contributed by atoms with Crippen LogP contribution in [0.25, 0.3) is 0 Å². The number of hydrogen-bond acceptors (Lipinski definition) is 6. The number of carbonyl (C=O) groups excluding carboxylic acids is 2. The minimum atomic E-state index is -0.550. The lowest BCUT2D eigenvalue weighted by Gasteiger charge is -2.18. The second-order valence-electron chi connectivity index (χ2n) is 7.50. The van der Waals surface area contributed by atoms with Crippen LogP contribution < -0.4 is 10.6 Å². The first-order valence-electron chi connectivity index (χ1n) is 9.66. The Bertz CT molecular complexity index is 852. The normalized spacial score (nSPS) is 25.6. The lowest BCUT2D eigenvalue weighted by atomic mass is 10.0. The Morgan fingerprint density at radius 1 is 1.10 bits per heavy atom. The Labute approximate surface area is 173 Å². The van der Waals surface area contributed by atoms with Gasteiger partial charge in [-0.1, -0.05) is 32.0 Å². The van der Waals surface area contributed by atoms with Crippen molar-refractivity contribution in [2.45, 2.75) is 44.1 Å². The summed E-state index contributed by atoms with van der Waals surface area (Å²) in [5.41, 5.74) is 1.87. The molecule has 4 atom stereocenters. The topological polar surface area (TPSA) is 85.9 Å². The molecule has 2 amide bonds. The van der Waals surface area contributed by atoms with Crippen LogP contribution in [-0.4, -0.2) is 49.6 Å². The van der Waals surface area contributed by atoms with E-state index < -0.39 is 18.3 Å². The van der Waals surface area contributed by atoms with Crippen molar-refractivity contribution < 1.29 is 23.8 Å². The number of hydrogen-bond donors (Lipinski definition) is 2. The summed E-state index contributed by atoms with van der Waals surface area (Å²) in [5.74, 6) is 0.279. The van der Waals surface area contributed by atoms with Gasteiger partial charge in [-0.05, 0) is 35.1 Å². The minimum absolute atomic E-state index is 0.148. The van der Waals surface area contributed by atoms with Crippen LogP contribution in [-0.2, 0) is 14.2 Å². The number of nitrogens with one attached hydrogen (secondary N) is 2. The maximum absolute atomic E-state index is 12.3. The number of benzene rings is 1. The zero-order valence-corrected chi connectivity index (χ0v) is 17.1. The molecule has 0 aliphatic carbocycles. The third kappa shape index (κ3) is 4.44. The van der Waals surface area contributed by atoms with Crippen molar-refractivity contribution in [2.75, 3.05) is 18.5 Å². The van der Waals surface area contributed by atoms with Crippen LogP contribution in [0.3, 0.4) is 0 Å². The molecule has 0 bridgehead atoms. The lowest BCUT2D eigenvalue weighted by Crippen LogP contribution is -2.44. The highest BCUT2D eigenvalue weighted by molar-refractivity contribution is 7.12. The summed E-state index contributed by atoms with van der Waals surface area (Å²) in [5, 5.41) is 7.54. The molecule has 3 heterocycles. The van der Waals surface area contributed by atoms with Gasteiger partial charge in [-0.3, -0.25) is 10.1 Å². The largest absolute Gasteiger partial charge is 0.441 e. The Morgan fingerprint density at radius 2 is 1.86 bits per heavy atom. The monoisotopic (exact) mass is 416 g/mol. The Morgan fingerprint density at radius 3 is 2.55 bits per heavy atom. The molecule has 2 aliphatic rings. The molecular weight excluding hydrogens is 392 g/mol. The van der Waals surface area contributed by atoms with Crippen molar-refractivity contribution in [2.24, 2.45) is 0 Å². The van der Waals surface area contributed by atoms with E-state index in [2.05, 4.69) is 24.5 Å². The highest BCUT2D eigenvalue weighted by Gasteiger charge is 2.50. The van der Waals surface area contributed by atoms with E-state index in [0.29, 0.717) is 23.1 Å². The maximum atomic E-state index is 12.3. The van der Waals surface area contributed by atoms with Crippen molar-refractivity contribution in [3.63, 3.8) is 0 Å². The number of amides is 2. The third-order valence-electron chi connectivity index (χ3n) is 5.15. The average Bonchev–Trinajstić information content (AvgIpc) is 3.42. The van der Waals surface area contributed by atoms with Crippen molar-refractivity contribution in [1.82, 2.24) is 5.32 Å². The van der Waals surface area contributed by atoms with E-state index in [1.165, 1.54) is 16.9 Å². The second-order valence-corrected chi connectivity index (χ2v) is 8.45. The third-order valence-corrected chi connectivity index (χ3v) is 6.02. The molecule has 0 saturated carbocycles. The summed E-state index contributed by atoms with van der Waals surface area (Å²) < 4.78 is 17.1. The van der Waals surface area contributed by atoms with Crippen molar-refractivity contribution >= 4 is 29.0 Å². The molecule has 154 valence electrons. The first-order chi connectivity index (χ1) is 14.0. The number of thiophene rings is 1. The molecule has 0 spiro atoms. The highest BCUT2D eigenvalue weighted by atomic mass is 32.1. The molecule has 2 N–H and O–H groups in total. The van der Waals surface area contributed by atoms with Crippen molar-refractivity contribution in [3.05, 3.63) is 52.2 Å². The van der Waals surface area contributed by atoms with Crippen LogP contribution in [0.2, 0.25) is 0 Å². The fourth-order valence-corrected chi connectivity index (χ4v) is 4.20. The molecule has 1 aromatic heterocycles. The highest BCUT2D eigenvalue weighted by Crippen LogP contribution is 2.29. The Kier molecular flexibility index (Phi) is 5.84. The molecule has 4 unspecified atom stereocenters. The van der Waals surface area contributed by atoms with E-state index in [1.807, 2.05) is 35.7 Å². The summed E-state index contributed by atoms with van der Waals surface area (Å²) in [6.45, 7) is 4.79. The minimum Gasteiger partial charge on any atom is -0.441 e. The van der Waals surface area contributed by atoms with E-state index >= 15 is 0 Å². The van der Waals surface area contributed by atoms with E-state index in [-0.39, 0.29) is 24.7 Å². The van der Waals surface area contributed by atoms with Crippen molar-refractivity contribution in [1.29, 1.82) is 0 Å². The zero-order chi connectivity index (χ0) is 20.4. The fraction of sp³-hybridized carbons (Fsp3) is 0.429. The van der Waals surface area contributed by atoms with Gasteiger partial charge in [0.15, 0.2) is 6.10 Å². The fourth-order valence-electron chi connectivity index (χ4n) is 3.57. The van der Waals surface area contributed by atoms with E-state index in [0.717, 1.165) is 0 Å². The van der Waals surface area contributed by atoms with Gasteiger partial charge in [0, 0.05) is 5.69 Å². The van der Waals surface area contributed by atoms with Crippen LogP contribution in [0.15, 0.2) is 41.8 Å². The SMILES string of the molecule is CC(C)c1ccc(NC(=O)OC2COC3C(NC(=O)c4cccs4)COC23)cc1. The molecule has 2 aromatic rings. The number of fused-ring (bicyclic) bond motifs is 1. The number of ether oxygens (including phenoxy) is 3. The average molecular weight is 416 g/mol. The van der Waals surface area contributed by atoms with Gasteiger partial charge < -0.3 is 19.5 Å². The van der Waals surface area contributed by atoms with Gasteiger partial charge in [-0.2, -0.15) is 0 Å². The molecule has 2 saturated heterocycles. The summed E-state index contributed by atoms with van der Waals surface area (Å²) in [6.07, 6.45) is -1.79. The standard InChI is InChI=1S/C21H24N2O5S/c1-12(2)13-5-7-14(8-6-13)22-21(25)28-16-11-27-18-15(10-26-19(16)18)23-20(24)17-4-3-9-29-17/h3-9,12,15-16,18-19H,10-11H2,1-2H3,(H,22,25)(H,23,24). The molecule has 4 rings (SSSR count). The number of carbonyl (C=O) groups is 2. The van der Waals surface area contributed by atoms with Crippen LogP contribution in [0.4, 0.5) is 10.5 Å². The lowest BCUT2D eigenvalue weighted by molar-refractivity contribution is 0.00862. The van der Waals surface area contributed by atoms with E-state index in [1.54, 1.807) is 6.07 Å². The van der Waals surface area contributed by atoms with Gasteiger partial charge >= 0.3 is 6.09 Å². The smallest absolute Gasteiger partial charge is 0.412 e. The zero-order valence-electron chi connectivity index (χ0n) is 16.3.